The van der Waals surface area contributed by atoms with Crippen molar-refractivity contribution in [2.45, 2.75) is 26.2 Å². The van der Waals surface area contributed by atoms with Crippen molar-refractivity contribution >= 4 is 23.5 Å². The average molecular weight is 365 g/mol. The van der Waals surface area contributed by atoms with Crippen LogP contribution >= 0.6 is 11.3 Å². The van der Waals surface area contributed by atoms with E-state index in [0.717, 1.165) is 16.3 Å². The van der Waals surface area contributed by atoms with Gasteiger partial charge in [-0.05, 0) is 31.4 Å². The van der Waals surface area contributed by atoms with Crippen LogP contribution in [-0.4, -0.2) is 17.1 Å². The van der Waals surface area contributed by atoms with E-state index in [4.69, 9.17) is 4.42 Å². The van der Waals surface area contributed by atoms with Crippen molar-refractivity contribution in [1.82, 2.24) is 10.4 Å². The van der Waals surface area contributed by atoms with Crippen molar-refractivity contribution in [1.29, 1.82) is 0 Å². The minimum Gasteiger partial charge on any atom is -0.460 e. The van der Waals surface area contributed by atoms with E-state index in [1.165, 1.54) is 24.0 Å². The summed E-state index contributed by atoms with van der Waals surface area (Å²) in [6.45, 7) is 4.04. The van der Waals surface area contributed by atoms with E-state index in [-0.39, 0.29) is 5.91 Å². The van der Waals surface area contributed by atoms with Gasteiger partial charge in [0.2, 0.25) is 0 Å². The summed E-state index contributed by atoms with van der Waals surface area (Å²) >= 11 is 1.36. The molecule has 5 nitrogen and oxygen atoms in total. The number of furan rings is 1. The Morgan fingerprint density at radius 3 is 2.81 bits per heavy atom. The molecule has 2 aromatic heterocycles. The summed E-state index contributed by atoms with van der Waals surface area (Å²) in [6, 6.07) is 13.7. The third-order valence-electron chi connectivity index (χ3n) is 4.50. The Morgan fingerprint density at radius 2 is 2.08 bits per heavy atom. The van der Waals surface area contributed by atoms with Gasteiger partial charge in [-0.1, -0.05) is 37.3 Å². The maximum absolute atomic E-state index is 12.4. The number of aryl methyl sites for hydroxylation is 1. The van der Waals surface area contributed by atoms with E-state index in [1.54, 1.807) is 0 Å². The number of hydrazone groups is 1. The number of nitrogens with one attached hydrogen (secondary N) is 1. The van der Waals surface area contributed by atoms with Crippen LogP contribution in [0, 0.1) is 12.8 Å². The lowest BCUT2D eigenvalue weighted by Gasteiger charge is -1.96. The summed E-state index contributed by atoms with van der Waals surface area (Å²) in [5, 5.41) is 4.84. The summed E-state index contributed by atoms with van der Waals surface area (Å²) in [4.78, 5) is 17.4. The van der Waals surface area contributed by atoms with Crippen LogP contribution in [0.2, 0.25) is 0 Å². The minimum absolute atomic E-state index is 0.263. The van der Waals surface area contributed by atoms with E-state index < -0.39 is 0 Å². The predicted molar refractivity (Wildman–Crippen MR) is 103 cm³/mol. The quantitative estimate of drug-likeness (QED) is 0.531. The lowest BCUT2D eigenvalue weighted by molar-refractivity contribution is 0.0958. The van der Waals surface area contributed by atoms with Gasteiger partial charge in [0.15, 0.2) is 0 Å². The van der Waals surface area contributed by atoms with Crippen molar-refractivity contribution in [3.63, 3.8) is 0 Å². The number of amides is 1. The van der Waals surface area contributed by atoms with Gasteiger partial charge in [0.05, 0.1) is 11.9 Å². The Hall–Kier alpha value is -2.73. The predicted octanol–water partition coefficient (Wildman–Crippen LogP) is 4.60. The molecule has 1 amide bonds. The van der Waals surface area contributed by atoms with Gasteiger partial charge in [0.25, 0.3) is 5.91 Å². The monoisotopic (exact) mass is 365 g/mol. The van der Waals surface area contributed by atoms with Crippen LogP contribution < -0.4 is 5.43 Å². The van der Waals surface area contributed by atoms with Crippen LogP contribution in [0.3, 0.4) is 0 Å². The van der Waals surface area contributed by atoms with E-state index >= 15 is 0 Å². The largest absolute Gasteiger partial charge is 0.460 e. The highest BCUT2D eigenvalue weighted by Gasteiger charge is 2.36. The molecular formula is C20H19N3O2S. The van der Waals surface area contributed by atoms with Crippen LogP contribution in [-0.2, 0) is 0 Å². The zero-order valence-electron chi connectivity index (χ0n) is 14.6. The number of rotatable bonds is 5. The number of thiazole rings is 1. The Kier molecular flexibility index (Phi) is 4.42. The second-order valence-electron chi connectivity index (χ2n) is 6.56. The molecule has 26 heavy (non-hydrogen) atoms. The molecule has 1 fully saturated rings. The SMILES string of the molecule is Cc1nc(-c2ccccc2)sc1C(=O)N/N=C\c1ccc([C@@H]2C[C@H]2C)o1. The highest BCUT2D eigenvalue weighted by atomic mass is 32.1. The second kappa shape index (κ2) is 6.88. The Balaban J connectivity index is 1.42. The molecular weight excluding hydrogens is 346 g/mol. The fourth-order valence-electron chi connectivity index (χ4n) is 2.87. The molecule has 1 aliphatic carbocycles. The minimum atomic E-state index is -0.263. The van der Waals surface area contributed by atoms with Gasteiger partial charge in [-0.3, -0.25) is 4.79 Å². The molecule has 132 valence electrons. The number of benzene rings is 1. The van der Waals surface area contributed by atoms with Gasteiger partial charge in [-0.15, -0.1) is 11.3 Å². The zero-order chi connectivity index (χ0) is 18.1. The molecule has 0 radical (unpaired) electrons. The topological polar surface area (TPSA) is 67.5 Å². The normalized spacial score (nSPS) is 19.0. The van der Waals surface area contributed by atoms with E-state index in [9.17, 15) is 4.79 Å². The maximum Gasteiger partial charge on any atom is 0.283 e. The molecule has 1 saturated carbocycles. The molecule has 0 aliphatic heterocycles. The van der Waals surface area contributed by atoms with Crippen LogP contribution in [0.1, 0.15) is 46.1 Å². The van der Waals surface area contributed by atoms with Gasteiger partial charge >= 0.3 is 0 Å². The van der Waals surface area contributed by atoms with Crippen LogP contribution in [0.25, 0.3) is 10.6 Å². The molecule has 0 saturated heterocycles. The van der Waals surface area contributed by atoms with Crippen molar-refractivity contribution in [3.05, 3.63) is 64.6 Å². The lowest BCUT2D eigenvalue weighted by atomic mass is 10.2. The Morgan fingerprint density at radius 1 is 1.31 bits per heavy atom. The highest BCUT2D eigenvalue weighted by molar-refractivity contribution is 7.17. The van der Waals surface area contributed by atoms with Gasteiger partial charge in [0, 0.05) is 11.5 Å². The number of nitrogens with zero attached hydrogens (tertiary/aromatic N) is 2. The van der Waals surface area contributed by atoms with Gasteiger partial charge < -0.3 is 4.42 Å². The number of hydrogen-bond acceptors (Lipinski definition) is 5. The molecule has 2 heterocycles. The van der Waals surface area contributed by atoms with E-state index in [2.05, 4.69) is 22.4 Å². The van der Waals surface area contributed by atoms with Crippen molar-refractivity contribution in [2.75, 3.05) is 0 Å². The molecule has 0 bridgehead atoms. The third-order valence-corrected chi connectivity index (χ3v) is 5.71. The molecule has 1 N–H and O–H groups in total. The number of carbonyl (C=O) groups excluding carboxylic acids is 1. The Bertz CT molecular complexity index is 959. The summed E-state index contributed by atoms with van der Waals surface area (Å²) < 4.78 is 5.74. The molecule has 1 aliphatic rings. The molecule has 0 spiro atoms. The summed E-state index contributed by atoms with van der Waals surface area (Å²) in [5.74, 6) is 2.60. The van der Waals surface area contributed by atoms with Crippen LogP contribution in [0.5, 0.6) is 0 Å². The first-order chi connectivity index (χ1) is 12.6. The van der Waals surface area contributed by atoms with Gasteiger partial charge in [0.1, 0.15) is 21.4 Å². The first-order valence-corrected chi connectivity index (χ1v) is 9.39. The fraction of sp³-hybridized carbons (Fsp3) is 0.250. The van der Waals surface area contributed by atoms with Crippen LogP contribution in [0.15, 0.2) is 52.0 Å². The van der Waals surface area contributed by atoms with E-state index in [1.807, 2.05) is 49.4 Å². The smallest absolute Gasteiger partial charge is 0.283 e. The summed E-state index contributed by atoms with van der Waals surface area (Å²) in [5.41, 5.74) is 4.26. The third kappa shape index (κ3) is 3.46. The fourth-order valence-corrected chi connectivity index (χ4v) is 3.83. The van der Waals surface area contributed by atoms with Gasteiger partial charge in [-0.25, -0.2) is 10.4 Å². The first kappa shape index (κ1) is 16.7. The molecule has 4 rings (SSSR count). The summed E-state index contributed by atoms with van der Waals surface area (Å²) in [7, 11) is 0. The van der Waals surface area contributed by atoms with Gasteiger partial charge in [-0.2, -0.15) is 5.10 Å². The zero-order valence-corrected chi connectivity index (χ0v) is 15.4. The van der Waals surface area contributed by atoms with Crippen LogP contribution in [0.4, 0.5) is 0 Å². The molecule has 2 atom stereocenters. The Labute approximate surface area is 155 Å². The van der Waals surface area contributed by atoms with E-state index in [0.29, 0.717) is 28.2 Å². The molecule has 0 unspecified atom stereocenters. The molecule has 6 heteroatoms. The average Bonchev–Trinajstić information content (AvgIpc) is 3.05. The molecule has 3 aromatic rings. The first-order valence-electron chi connectivity index (χ1n) is 8.58. The summed E-state index contributed by atoms with van der Waals surface area (Å²) in [6.07, 6.45) is 2.71. The number of hydrogen-bond donors (Lipinski definition) is 1. The van der Waals surface area contributed by atoms with Crippen molar-refractivity contribution < 1.29 is 9.21 Å². The molecule has 1 aromatic carbocycles. The highest BCUT2D eigenvalue weighted by Crippen LogP contribution is 2.47. The van der Waals surface area contributed by atoms with Crippen molar-refractivity contribution in [2.24, 2.45) is 11.0 Å². The second-order valence-corrected chi connectivity index (χ2v) is 7.56. The number of carbonyl (C=O) groups is 1. The standard InChI is InChI=1S/C20H19N3O2S/c1-12-10-16(12)17-9-8-15(25-17)11-21-23-19(24)18-13(2)22-20(26-18)14-6-4-3-5-7-14/h3-9,11-12,16H,10H2,1-2H3,(H,23,24)/b21-11-/t12-,16-/m1/s1. The maximum atomic E-state index is 12.4. The lowest BCUT2D eigenvalue weighted by Crippen LogP contribution is -2.17. The number of aromatic nitrogens is 1. The van der Waals surface area contributed by atoms with Crippen molar-refractivity contribution in [3.8, 4) is 10.6 Å².